The van der Waals surface area contributed by atoms with Crippen LogP contribution in [-0.4, -0.2) is 82.0 Å². The molecule has 1 aromatic carbocycles. The summed E-state index contributed by atoms with van der Waals surface area (Å²) in [5.74, 6) is -0.0438. The van der Waals surface area contributed by atoms with Gasteiger partial charge >= 0.3 is 6.03 Å². The van der Waals surface area contributed by atoms with Crippen LogP contribution in [0.1, 0.15) is 36.1 Å². The van der Waals surface area contributed by atoms with Gasteiger partial charge in [0.25, 0.3) is 5.91 Å². The number of carbonyl (C=O) groups excluding carboxylic acids is 2. The number of amides is 3. The largest absolute Gasteiger partial charge is 0.383 e. The number of para-hydroxylation sites is 1. The molecule has 2 fully saturated rings. The van der Waals surface area contributed by atoms with Gasteiger partial charge in [0.1, 0.15) is 5.54 Å². The fraction of sp³-hybridized carbons (Fsp3) is 0.464. The number of ether oxygens (including phenoxy) is 1. The highest BCUT2D eigenvalue weighted by molar-refractivity contribution is 6.07. The van der Waals surface area contributed by atoms with E-state index in [0.717, 1.165) is 43.6 Å². The Morgan fingerprint density at radius 2 is 1.89 bits per heavy atom. The van der Waals surface area contributed by atoms with E-state index in [2.05, 4.69) is 40.0 Å². The van der Waals surface area contributed by atoms with Gasteiger partial charge in [-0.3, -0.25) is 19.6 Å². The Hall–Kier alpha value is -3.23. The molecule has 1 N–H and O–H groups in total. The molecule has 8 heteroatoms. The van der Waals surface area contributed by atoms with Gasteiger partial charge in [-0.05, 0) is 55.9 Å². The lowest BCUT2D eigenvalue weighted by atomic mass is 9.85. The molecule has 36 heavy (non-hydrogen) atoms. The Labute approximate surface area is 212 Å². The number of aromatic nitrogens is 2. The van der Waals surface area contributed by atoms with Crippen molar-refractivity contribution in [2.75, 3.05) is 39.9 Å². The van der Waals surface area contributed by atoms with Gasteiger partial charge in [0.15, 0.2) is 0 Å². The molecule has 0 atom stereocenters. The van der Waals surface area contributed by atoms with Crippen molar-refractivity contribution in [3.05, 3.63) is 65.6 Å². The molecule has 0 saturated carbocycles. The Bertz CT molecular complexity index is 1220. The maximum absolute atomic E-state index is 13.7. The maximum Gasteiger partial charge on any atom is 0.327 e. The number of fused-ring (bicyclic) bond motifs is 1. The van der Waals surface area contributed by atoms with Crippen LogP contribution in [0.2, 0.25) is 0 Å². The van der Waals surface area contributed by atoms with E-state index in [0.29, 0.717) is 32.5 Å². The van der Waals surface area contributed by atoms with Gasteiger partial charge < -0.3 is 14.6 Å². The van der Waals surface area contributed by atoms with Gasteiger partial charge in [-0.25, -0.2) is 4.79 Å². The number of carbonyl (C=O) groups is 2. The minimum Gasteiger partial charge on any atom is -0.383 e. The van der Waals surface area contributed by atoms with E-state index in [1.807, 2.05) is 24.4 Å². The summed E-state index contributed by atoms with van der Waals surface area (Å²) in [4.78, 5) is 40.5. The SMILES string of the molecule is COCCN1C(=O)N(CCCc2cccnc2)C(=O)C12CCN(Cc1c(C)[nH]c3ccccc13)CC2. The smallest absolute Gasteiger partial charge is 0.327 e. The monoisotopic (exact) mass is 489 g/mol. The van der Waals surface area contributed by atoms with E-state index in [9.17, 15) is 9.59 Å². The second-order valence-corrected chi connectivity index (χ2v) is 9.93. The molecule has 5 rings (SSSR count). The lowest BCUT2D eigenvalue weighted by molar-refractivity contribution is -0.136. The fourth-order valence-electron chi connectivity index (χ4n) is 5.79. The zero-order chi connectivity index (χ0) is 25.1. The third kappa shape index (κ3) is 4.51. The minimum absolute atomic E-state index is 0.0438. The van der Waals surface area contributed by atoms with Crippen LogP contribution in [0.25, 0.3) is 10.9 Å². The summed E-state index contributed by atoms with van der Waals surface area (Å²) in [6.45, 7) is 5.77. The fourth-order valence-corrected chi connectivity index (χ4v) is 5.79. The van der Waals surface area contributed by atoms with Crippen molar-refractivity contribution in [2.24, 2.45) is 0 Å². The van der Waals surface area contributed by atoms with Crippen LogP contribution in [0.15, 0.2) is 48.8 Å². The molecule has 2 aliphatic heterocycles. The summed E-state index contributed by atoms with van der Waals surface area (Å²) >= 11 is 0. The second kappa shape index (κ2) is 10.4. The number of imide groups is 1. The second-order valence-electron chi connectivity index (χ2n) is 9.93. The molecular formula is C28H35N5O3. The van der Waals surface area contributed by atoms with Crippen LogP contribution in [-0.2, 0) is 22.5 Å². The number of methoxy groups -OCH3 is 1. The number of hydrogen-bond donors (Lipinski definition) is 1. The van der Waals surface area contributed by atoms with Crippen molar-refractivity contribution < 1.29 is 14.3 Å². The number of benzene rings is 1. The third-order valence-electron chi connectivity index (χ3n) is 7.80. The molecule has 3 amide bonds. The van der Waals surface area contributed by atoms with Crippen LogP contribution in [0, 0.1) is 6.92 Å². The molecule has 2 aromatic heterocycles. The van der Waals surface area contributed by atoms with E-state index in [1.165, 1.54) is 21.5 Å². The Morgan fingerprint density at radius 3 is 2.64 bits per heavy atom. The molecule has 0 radical (unpaired) electrons. The van der Waals surface area contributed by atoms with Crippen molar-refractivity contribution in [3.8, 4) is 0 Å². The number of likely N-dealkylation sites (tertiary alicyclic amines) is 1. The normalized spacial score (nSPS) is 18.2. The lowest BCUT2D eigenvalue weighted by Crippen LogP contribution is -2.57. The molecule has 2 aliphatic rings. The van der Waals surface area contributed by atoms with Crippen molar-refractivity contribution >= 4 is 22.8 Å². The number of piperidine rings is 1. The van der Waals surface area contributed by atoms with Gasteiger partial charge in [0, 0.05) is 68.8 Å². The van der Waals surface area contributed by atoms with Crippen LogP contribution in [0.3, 0.4) is 0 Å². The predicted molar refractivity (Wildman–Crippen MR) is 139 cm³/mol. The van der Waals surface area contributed by atoms with Gasteiger partial charge in [-0.2, -0.15) is 0 Å². The van der Waals surface area contributed by atoms with Crippen LogP contribution in [0.4, 0.5) is 4.79 Å². The molecule has 4 heterocycles. The maximum atomic E-state index is 13.7. The summed E-state index contributed by atoms with van der Waals surface area (Å²) in [5.41, 5.74) is 4.00. The number of pyridine rings is 1. The lowest BCUT2D eigenvalue weighted by Gasteiger charge is -2.42. The highest BCUT2D eigenvalue weighted by atomic mass is 16.5. The summed E-state index contributed by atoms with van der Waals surface area (Å²) in [7, 11) is 1.63. The van der Waals surface area contributed by atoms with E-state index >= 15 is 0 Å². The number of nitrogens with zero attached hydrogens (tertiary/aromatic N) is 4. The molecular weight excluding hydrogens is 454 g/mol. The standard InChI is InChI=1S/C28H35N5O3/c1-21-24(23-9-3-4-10-25(23)30-21)20-31-15-11-28(12-16-31)26(34)32(27(35)33(28)17-18-36-2)14-6-8-22-7-5-13-29-19-22/h3-5,7,9-10,13,19,30H,6,8,11-12,14-18,20H2,1-2H3. The number of nitrogens with one attached hydrogen (secondary N) is 1. The van der Waals surface area contributed by atoms with Crippen molar-refractivity contribution in [1.82, 2.24) is 24.7 Å². The number of rotatable bonds is 9. The summed E-state index contributed by atoms with van der Waals surface area (Å²) in [5, 5.41) is 1.25. The van der Waals surface area contributed by atoms with E-state index in [-0.39, 0.29) is 11.9 Å². The number of H-pyrrole nitrogens is 1. The van der Waals surface area contributed by atoms with Gasteiger partial charge in [0.05, 0.1) is 6.61 Å². The van der Waals surface area contributed by atoms with E-state index in [1.54, 1.807) is 18.2 Å². The first kappa shape index (κ1) is 24.5. The summed E-state index contributed by atoms with van der Waals surface area (Å²) in [6, 6.07) is 12.2. The molecule has 0 unspecified atom stereocenters. The third-order valence-corrected chi connectivity index (χ3v) is 7.80. The van der Waals surface area contributed by atoms with Crippen LogP contribution in [0.5, 0.6) is 0 Å². The molecule has 0 bridgehead atoms. The summed E-state index contributed by atoms with van der Waals surface area (Å²) < 4.78 is 5.30. The highest BCUT2D eigenvalue weighted by Gasteiger charge is 2.57. The Morgan fingerprint density at radius 1 is 1.08 bits per heavy atom. The topological polar surface area (TPSA) is 81.8 Å². The van der Waals surface area contributed by atoms with E-state index < -0.39 is 5.54 Å². The predicted octanol–water partition coefficient (Wildman–Crippen LogP) is 3.75. The quantitative estimate of drug-likeness (QED) is 0.463. The first-order valence-electron chi connectivity index (χ1n) is 12.8. The summed E-state index contributed by atoms with van der Waals surface area (Å²) in [6.07, 6.45) is 6.38. The number of aryl methyl sites for hydroxylation is 2. The van der Waals surface area contributed by atoms with Gasteiger partial charge in [-0.15, -0.1) is 0 Å². The van der Waals surface area contributed by atoms with Crippen LogP contribution < -0.4 is 0 Å². The average Bonchev–Trinajstić information content (AvgIpc) is 3.31. The van der Waals surface area contributed by atoms with Crippen LogP contribution >= 0.6 is 0 Å². The molecule has 2 saturated heterocycles. The molecule has 190 valence electrons. The molecule has 3 aromatic rings. The van der Waals surface area contributed by atoms with Gasteiger partial charge in [-0.1, -0.05) is 24.3 Å². The molecule has 0 aliphatic carbocycles. The minimum atomic E-state index is -0.768. The van der Waals surface area contributed by atoms with E-state index in [4.69, 9.17) is 4.74 Å². The zero-order valence-corrected chi connectivity index (χ0v) is 21.2. The molecule has 1 spiro atoms. The number of aromatic amines is 1. The van der Waals surface area contributed by atoms with Crippen molar-refractivity contribution in [1.29, 1.82) is 0 Å². The molecule has 8 nitrogen and oxygen atoms in total. The number of hydrogen-bond acceptors (Lipinski definition) is 5. The first-order chi connectivity index (χ1) is 17.5. The van der Waals surface area contributed by atoms with Crippen molar-refractivity contribution in [3.63, 3.8) is 0 Å². The first-order valence-corrected chi connectivity index (χ1v) is 12.8. The Kier molecular flexibility index (Phi) is 7.07. The highest BCUT2D eigenvalue weighted by Crippen LogP contribution is 2.38. The van der Waals surface area contributed by atoms with Gasteiger partial charge in [0.2, 0.25) is 0 Å². The Balaban J connectivity index is 1.28. The van der Waals surface area contributed by atoms with Crippen molar-refractivity contribution in [2.45, 2.75) is 44.7 Å². The number of urea groups is 1. The average molecular weight is 490 g/mol. The zero-order valence-electron chi connectivity index (χ0n) is 21.2.